The van der Waals surface area contributed by atoms with Gasteiger partial charge in [-0.2, -0.15) is 4.98 Å². The number of hydrogen-bond donors (Lipinski definition) is 2. The van der Waals surface area contributed by atoms with Crippen LogP contribution in [0.3, 0.4) is 0 Å². The van der Waals surface area contributed by atoms with Crippen molar-refractivity contribution in [2.45, 2.75) is 70.6 Å². The highest BCUT2D eigenvalue weighted by molar-refractivity contribution is 5.94. The number of likely N-dealkylation sites (N-methyl/N-ethyl adjacent to an activating group) is 1. The van der Waals surface area contributed by atoms with Gasteiger partial charge in [0.05, 0.1) is 6.10 Å². The van der Waals surface area contributed by atoms with E-state index < -0.39 is 0 Å². The van der Waals surface area contributed by atoms with Gasteiger partial charge in [0.15, 0.2) is 0 Å². The van der Waals surface area contributed by atoms with Gasteiger partial charge in [-0.25, -0.2) is 4.98 Å². The van der Waals surface area contributed by atoms with Crippen molar-refractivity contribution in [1.29, 1.82) is 0 Å². The first kappa shape index (κ1) is 24.1. The molecule has 7 nitrogen and oxygen atoms in total. The fourth-order valence-electron chi connectivity index (χ4n) is 5.60. The maximum absolute atomic E-state index is 10.1. The summed E-state index contributed by atoms with van der Waals surface area (Å²) in [6.45, 7) is 8.69. The van der Waals surface area contributed by atoms with E-state index in [-0.39, 0.29) is 6.10 Å². The topological polar surface area (TPSA) is 69.5 Å². The molecule has 0 radical (unpaired) electrons. The van der Waals surface area contributed by atoms with Crippen LogP contribution in [0.5, 0.6) is 0 Å². The number of nitrogens with zero attached hydrogens (tertiary/aromatic N) is 5. The molecule has 0 amide bonds. The largest absolute Gasteiger partial charge is 0.393 e. The Balaban J connectivity index is 1.52. The van der Waals surface area contributed by atoms with E-state index in [0.29, 0.717) is 18.0 Å². The van der Waals surface area contributed by atoms with E-state index in [2.05, 4.69) is 71.0 Å². The predicted octanol–water partition coefficient (Wildman–Crippen LogP) is 4.93. The summed E-state index contributed by atoms with van der Waals surface area (Å²) >= 11 is 0. The van der Waals surface area contributed by atoms with Gasteiger partial charge in [-0.1, -0.05) is 25.5 Å². The van der Waals surface area contributed by atoms with Gasteiger partial charge in [0.2, 0.25) is 5.95 Å². The molecule has 188 valence electrons. The zero-order valence-electron chi connectivity index (χ0n) is 21.5. The normalized spacial score (nSPS) is 22.5. The van der Waals surface area contributed by atoms with Crippen LogP contribution in [0.25, 0.3) is 22.2 Å². The maximum Gasteiger partial charge on any atom is 0.224 e. The van der Waals surface area contributed by atoms with Crippen LogP contribution in [-0.4, -0.2) is 69.9 Å². The number of nitrogens with one attached hydrogen (secondary N) is 1. The number of benzene rings is 1. The number of rotatable bonds is 7. The molecule has 3 aromatic rings. The first-order chi connectivity index (χ1) is 17.0. The summed E-state index contributed by atoms with van der Waals surface area (Å²) in [5.74, 6) is 0.700. The maximum atomic E-state index is 10.1. The van der Waals surface area contributed by atoms with Crippen molar-refractivity contribution in [3.05, 3.63) is 36.7 Å². The summed E-state index contributed by atoms with van der Waals surface area (Å²) in [6, 6.07) is 9.62. The number of aliphatic hydroxyl groups excluding tert-OH is 1. The summed E-state index contributed by atoms with van der Waals surface area (Å²) in [5.41, 5.74) is 4.68. The molecule has 0 spiro atoms. The van der Waals surface area contributed by atoms with Gasteiger partial charge in [0.25, 0.3) is 0 Å². The Morgan fingerprint density at radius 3 is 2.63 bits per heavy atom. The number of hydrogen-bond acceptors (Lipinski definition) is 6. The Hall–Kier alpha value is -2.64. The van der Waals surface area contributed by atoms with Crippen LogP contribution in [0.2, 0.25) is 0 Å². The monoisotopic (exact) mass is 476 g/mol. The van der Waals surface area contributed by atoms with Gasteiger partial charge in [-0.3, -0.25) is 0 Å². The molecule has 2 aromatic heterocycles. The van der Waals surface area contributed by atoms with Gasteiger partial charge in [-0.15, -0.1) is 0 Å². The van der Waals surface area contributed by atoms with Gasteiger partial charge in [0, 0.05) is 67.3 Å². The summed E-state index contributed by atoms with van der Waals surface area (Å²) < 4.78 is 2.36. The molecule has 1 aliphatic carbocycles. The van der Waals surface area contributed by atoms with Crippen LogP contribution in [-0.2, 0) is 0 Å². The molecule has 0 unspecified atom stereocenters. The van der Waals surface area contributed by atoms with Crippen molar-refractivity contribution >= 4 is 22.7 Å². The summed E-state index contributed by atoms with van der Waals surface area (Å²) in [6.07, 6.45) is 9.98. The molecule has 2 aliphatic rings. The highest BCUT2D eigenvalue weighted by Gasteiger charge is 2.25. The summed E-state index contributed by atoms with van der Waals surface area (Å²) in [7, 11) is 2.19. The second kappa shape index (κ2) is 10.5. The van der Waals surface area contributed by atoms with Crippen LogP contribution in [0.1, 0.15) is 58.4 Å². The van der Waals surface area contributed by atoms with Crippen LogP contribution < -0.4 is 10.2 Å². The molecule has 3 heterocycles. The van der Waals surface area contributed by atoms with E-state index in [1.807, 2.05) is 6.20 Å². The Morgan fingerprint density at radius 2 is 1.89 bits per heavy atom. The second-order valence-electron chi connectivity index (χ2n) is 10.5. The zero-order valence-corrected chi connectivity index (χ0v) is 21.5. The van der Waals surface area contributed by atoms with Crippen LogP contribution in [0.4, 0.5) is 11.6 Å². The third kappa shape index (κ3) is 5.31. The first-order valence-electron chi connectivity index (χ1n) is 13.4. The molecule has 2 fully saturated rings. The lowest BCUT2D eigenvalue weighted by molar-refractivity contribution is 0.111. The van der Waals surface area contributed by atoms with E-state index in [1.165, 1.54) is 16.8 Å². The van der Waals surface area contributed by atoms with Gasteiger partial charge in [-0.05, 0) is 63.8 Å². The van der Waals surface area contributed by atoms with Crippen molar-refractivity contribution in [2.75, 3.05) is 43.4 Å². The number of aliphatic hydroxyl groups is 1. The van der Waals surface area contributed by atoms with Crippen molar-refractivity contribution in [3.8, 4) is 11.1 Å². The quantitative estimate of drug-likeness (QED) is 0.504. The lowest BCUT2D eigenvalue weighted by Gasteiger charge is -2.34. The molecular weight excluding hydrogens is 436 g/mol. The molecule has 1 atom stereocenters. The average Bonchev–Trinajstić information content (AvgIpc) is 3.24. The van der Waals surface area contributed by atoms with Crippen LogP contribution in [0, 0.1) is 0 Å². The Labute approximate surface area is 209 Å². The van der Waals surface area contributed by atoms with Crippen LogP contribution >= 0.6 is 0 Å². The highest BCUT2D eigenvalue weighted by Crippen LogP contribution is 2.37. The van der Waals surface area contributed by atoms with Crippen molar-refractivity contribution < 1.29 is 5.11 Å². The van der Waals surface area contributed by atoms with Crippen molar-refractivity contribution in [2.24, 2.45) is 0 Å². The molecule has 0 bridgehead atoms. The Morgan fingerprint density at radius 1 is 1.11 bits per heavy atom. The molecule has 7 heteroatoms. The fourth-order valence-corrected chi connectivity index (χ4v) is 5.60. The number of aromatic nitrogens is 3. The minimum Gasteiger partial charge on any atom is -0.393 e. The van der Waals surface area contributed by atoms with Gasteiger partial charge >= 0.3 is 0 Å². The van der Waals surface area contributed by atoms with E-state index in [4.69, 9.17) is 9.97 Å². The molecule has 1 saturated heterocycles. The van der Waals surface area contributed by atoms with E-state index in [1.54, 1.807) is 0 Å². The minimum absolute atomic E-state index is 0.172. The van der Waals surface area contributed by atoms with Crippen LogP contribution in [0.15, 0.2) is 36.7 Å². The molecule has 5 rings (SSSR count). The van der Waals surface area contributed by atoms with E-state index >= 15 is 0 Å². The number of piperazine rings is 1. The third-order valence-corrected chi connectivity index (χ3v) is 7.75. The zero-order chi connectivity index (χ0) is 24.4. The fraction of sp³-hybridized carbons (Fsp3) is 0.571. The standard InChI is InChI=1S/C28H40N6O/c1-4-6-20(2)30-28-29-18-25-26(19-34(27(25)31-28)22-9-11-24(35)12-10-22)21-7-5-8-23(17-21)33-15-13-32(3)14-16-33/h5,7-8,17-20,22,24,35H,4,6,9-16H2,1-3H3,(H,29,30,31)/t20-,22?,24?/m0/s1. The smallest absolute Gasteiger partial charge is 0.224 e. The van der Waals surface area contributed by atoms with Gasteiger partial charge in [0.1, 0.15) is 5.65 Å². The predicted molar refractivity (Wildman–Crippen MR) is 144 cm³/mol. The van der Waals surface area contributed by atoms with E-state index in [0.717, 1.165) is 75.7 Å². The molecule has 1 aliphatic heterocycles. The van der Waals surface area contributed by atoms with E-state index in [9.17, 15) is 5.11 Å². The number of anilines is 2. The van der Waals surface area contributed by atoms with Crippen molar-refractivity contribution in [3.63, 3.8) is 0 Å². The highest BCUT2D eigenvalue weighted by atomic mass is 16.3. The van der Waals surface area contributed by atoms with Gasteiger partial charge < -0.3 is 24.8 Å². The third-order valence-electron chi connectivity index (χ3n) is 7.75. The SMILES string of the molecule is CCC[C@H](C)Nc1ncc2c(-c3cccc(N4CCN(C)CC4)c3)cn(C3CCC(O)CC3)c2n1. The molecule has 1 aromatic carbocycles. The summed E-state index contributed by atoms with van der Waals surface area (Å²) in [4.78, 5) is 14.6. The number of fused-ring (bicyclic) bond motifs is 1. The molecule has 2 N–H and O–H groups in total. The molecule has 1 saturated carbocycles. The summed E-state index contributed by atoms with van der Waals surface area (Å²) in [5, 5.41) is 14.7. The Kier molecular flexibility index (Phi) is 7.25. The lowest BCUT2D eigenvalue weighted by atomic mass is 9.93. The molecular formula is C28H40N6O. The minimum atomic E-state index is -0.172. The Bertz CT molecular complexity index is 1130. The lowest BCUT2D eigenvalue weighted by Crippen LogP contribution is -2.44. The second-order valence-corrected chi connectivity index (χ2v) is 10.5. The van der Waals surface area contributed by atoms with Crippen molar-refractivity contribution in [1.82, 2.24) is 19.4 Å². The first-order valence-corrected chi connectivity index (χ1v) is 13.4. The average molecular weight is 477 g/mol. The molecule has 35 heavy (non-hydrogen) atoms.